The lowest BCUT2D eigenvalue weighted by Gasteiger charge is -2.28. The zero-order valence-corrected chi connectivity index (χ0v) is 10.2. The van der Waals surface area contributed by atoms with E-state index >= 15 is 0 Å². The van der Waals surface area contributed by atoms with Gasteiger partial charge in [0.25, 0.3) is 0 Å². The molecule has 0 saturated heterocycles. The molecule has 1 fully saturated rings. The van der Waals surface area contributed by atoms with Crippen LogP contribution < -0.4 is 4.74 Å². The van der Waals surface area contributed by atoms with Crippen molar-refractivity contribution < 1.29 is 9.84 Å². The van der Waals surface area contributed by atoms with Crippen LogP contribution in [-0.2, 0) is 0 Å². The van der Waals surface area contributed by atoms with Gasteiger partial charge in [0.15, 0.2) is 0 Å². The minimum absolute atomic E-state index is 0.159. The lowest BCUT2D eigenvalue weighted by molar-refractivity contribution is 0.00688. The molecule has 1 N–H and O–H groups in total. The lowest BCUT2D eigenvalue weighted by Crippen LogP contribution is -2.34. The van der Waals surface area contributed by atoms with Gasteiger partial charge in [-0.2, -0.15) is 5.26 Å². The molecule has 1 saturated carbocycles. The van der Waals surface area contributed by atoms with Gasteiger partial charge in [-0.05, 0) is 31.4 Å². The molecule has 2 unspecified atom stereocenters. The summed E-state index contributed by atoms with van der Waals surface area (Å²) in [4.78, 5) is 0. The number of aliphatic hydroxyl groups excluding tert-OH is 1. The quantitative estimate of drug-likeness (QED) is 0.879. The first-order chi connectivity index (χ1) is 8.20. The van der Waals surface area contributed by atoms with E-state index in [-0.39, 0.29) is 6.10 Å². The fraction of sp³-hybridized carbons (Fsp3) is 0.462. The highest BCUT2D eigenvalue weighted by Gasteiger charge is 2.24. The number of nitriles is 1. The summed E-state index contributed by atoms with van der Waals surface area (Å²) in [6.45, 7) is 0. The van der Waals surface area contributed by atoms with Gasteiger partial charge in [0, 0.05) is 6.07 Å². The van der Waals surface area contributed by atoms with Crippen LogP contribution in [0, 0.1) is 11.3 Å². The van der Waals surface area contributed by atoms with Crippen LogP contribution in [-0.4, -0.2) is 17.3 Å². The normalized spacial score (nSPS) is 24.1. The van der Waals surface area contributed by atoms with E-state index in [4.69, 9.17) is 21.6 Å². The third-order valence-electron chi connectivity index (χ3n) is 3.02. The summed E-state index contributed by atoms with van der Waals surface area (Å²) in [5.74, 6) is 0.611. The summed E-state index contributed by atoms with van der Waals surface area (Å²) in [6, 6.07) is 6.97. The summed E-state index contributed by atoms with van der Waals surface area (Å²) >= 11 is 5.92. The molecule has 0 aliphatic heterocycles. The second-order valence-electron chi connectivity index (χ2n) is 4.26. The largest absolute Gasteiger partial charge is 0.488 e. The van der Waals surface area contributed by atoms with E-state index in [0.29, 0.717) is 16.3 Å². The number of rotatable bonds is 2. The Bertz CT molecular complexity index is 442. The van der Waals surface area contributed by atoms with Gasteiger partial charge in [0.2, 0.25) is 0 Å². The van der Waals surface area contributed by atoms with Crippen molar-refractivity contribution in [3.05, 3.63) is 28.8 Å². The molecule has 17 heavy (non-hydrogen) atoms. The highest BCUT2D eigenvalue weighted by atomic mass is 35.5. The molecular formula is C13H14ClNO2. The van der Waals surface area contributed by atoms with Crippen LogP contribution in [0.4, 0.5) is 0 Å². The molecule has 1 aliphatic rings. The SMILES string of the molecule is N#Cc1ccc(OC2CCCCC2O)cc1Cl. The van der Waals surface area contributed by atoms with Crippen molar-refractivity contribution in [2.24, 2.45) is 0 Å². The van der Waals surface area contributed by atoms with E-state index in [0.717, 1.165) is 25.7 Å². The molecule has 0 spiro atoms. The Kier molecular flexibility index (Phi) is 3.88. The maximum absolute atomic E-state index is 9.79. The molecule has 0 amide bonds. The zero-order chi connectivity index (χ0) is 12.3. The Morgan fingerprint density at radius 3 is 2.76 bits per heavy atom. The Balaban J connectivity index is 2.08. The van der Waals surface area contributed by atoms with E-state index in [9.17, 15) is 5.11 Å². The van der Waals surface area contributed by atoms with Crippen LogP contribution in [0.25, 0.3) is 0 Å². The molecule has 1 aromatic rings. The van der Waals surface area contributed by atoms with Crippen LogP contribution in [0.5, 0.6) is 5.75 Å². The van der Waals surface area contributed by atoms with Crippen LogP contribution in [0.1, 0.15) is 31.2 Å². The van der Waals surface area contributed by atoms with Crippen molar-refractivity contribution in [2.45, 2.75) is 37.9 Å². The Labute approximate surface area is 106 Å². The number of nitrogens with zero attached hydrogens (tertiary/aromatic N) is 1. The summed E-state index contributed by atoms with van der Waals surface area (Å²) in [6.07, 6.45) is 3.21. The topological polar surface area (TPSA) is 53.2 Å². The number of ether oxygens (including phenoxy) is 1. The van der Waals surface area contributed by atoms with Gasteiger partial charge in [-0.3, -0.25) is 0 Å². The first-order valence-corrected chi connectivity index (χ1v) is 6.13. The number of hydrogen-bond acceptors (Lipinski definition) is 3. The molecule has 0 radical (unpaired) electrons. The number of benzene rings is 1. The first-order valence-electron chi connectivity index (χ1n) is 5.75. The molecule has 0 heterocycles. The van der Waals surface area contributed by atoms with Crippen molar-refractivity contribution in [2.75, 3.05) is 0 Å². The van der Waals surface area contributed by atoms with Crippen LogP contribution in [0.3, 0.4) is 0 Å². The summed E-state index contributed by atoms with van der Waals surface area (Å²) in [5.41, 5.74) is 0.434. The third kappa shape index (κ3) is 2.91. The number of hydrogen-bond donors (Lipinski definition) is 1. The van der Waals surface area contributed by atoms with E-state index in [1.54, 1.807) is 18.2 Å². The molecule has 3 nitrogen and oxygen atoms in total. The molecular weight excluding hydrogens is 238 g/mol. The molecule has 1 aliphatic carbocycles. The van der Waals surface area contributed by atoms with Gasteiger partial charge in [0.1, 0.15) is 17.9 Å². The van der Waals surface area contributed by atoms with Crippen LogP contribution in [0.15, 0.2) is 18.2 Å². The van der Waals surface area contributed by atoms with Gasteiger partial charge in [-0.15, -0.1) is 0 Å². The van der Waals surface area contributed by atoms with Crippen molar-refractivity contribution in [1.29, 1.82) is 5.26 Å². The molecule has 1 aromatic carbocycles. The van der Waals surface area contributed by atoms with Crippen molar-refractivity contribution in [3.63, 3.8) is 0 Å². The van der Waals surface area contributed by atoms with Gasteiger partial charge < -0.3 is 9.84 Å². The number of aliphatic hydroxyl groups is 1. The van der Waals surface area contributed by atoms with Crippen molar-refractivity contribution in [3.8, 4) is 11.8 Å². The van der Waals surface area contributed by atoms with Crippen molar-refractivity contribution >= 4 is 11.6 Å². The highest BCUT2D eigenvalue weighted by molar-refractivity contribution is 6.31. The standard InChI is InChI=1S/C13H14ClNO2/c14-11-7-10(6-5-9(11)8-15)17-13-4-2-1-3-12(13)16/h5-7,12-13,16H,1-4H2. The van der Waals surface area contributed by atoms with Gasteiger partial charge in [-0.1, -0.05) is 18.0 Å². The summed E-state index contributed by atoms with van der Waals surface area (Å²) in [7, 11) is 0. The van der Waals surface area contributed by atoms with Gasteiger partial charge in [0.05, 0.1) is 16.7 Å². The second-order valence-corrected chi connectivity index (χ2v) is 4.67. The predicted octanol–water partition coefficient (Wildman–Crippen LogP) is 2.89. The molecule has 2 rings (SSSR count). The minimum atomic E-state index is -0.404. The van der Waals surface area contributed by atoms with E-state index in [1.807, 2.05) is 6.07 Å². The summed E-state index contributed by atoms with van der Waals surface area (Å²) in [5, 5.41) is 18.9. The van der Waals surface area contributed by atoms with Crippen molar-refractivity contribution in [1.82, 2.24) is 0 Å². The Hall–Kier alpha value is -1.24. The highest BCUT2D eigenvalue weighted by Crippen LogP contribution is 2.27. The monoisotopic (exact) mass is 251 g/mol. The Morgan fingerprint density at radius 2 is 2.12 bits per heavy atom. The predicted molar refractivity (Wildman–Crippen MR) is 65.1 cm³/mol. The van der Waals surface area contributed by atoms with E-state index in [1.165, 1.54) is 0 Å². The lowest BCUT2D eigenvalue weighted by atomic mass is 9.95. The maximum Gasteiger partial charge on any atom is 0.124 e. The average Bonchev–Trinajstić information content (AvgIpc) is 2.32. The van der Waals surface area contributed by atoms with Crippen LogP contribution in [0.2, 0.25) is 5.02 Å². The van der Waals surface area contributed by atoms with Gasteiger partial charge >= 0.3 is 0 Å². The molecule has 0 aromatic heterocycles. The van der Waals surface area contributed by atoms with Gasteiger partial charge in [-0.25, -0.2) is 0 Å². The fourth-order valence-electron chi connectivity index (χ4n) is 2.05. The Morgan fingerprint density at radius 1 is 1.35 bits per heavy atom. The number of halogens is 1. The molecule has 2 atom stereocenters. The smallest absolute Gasteiger partial charge is 0.124 e. The third-order valence-corrected chi connectivity index (χ3v) is 3.33. The summed E-state index contributed by atoms with van der Waals surface area (Å²) < 4.78 is 5.70. The van der Waals surface area contributed by atoms with Crippen LogP contribution >= 0.6 is 11.6 Å². The molecule has 4 heteroatoms. The zero-order valence-electron chi connectivity index (χ0n) is 9.40. The fourth-order valence-corrected chi connectivity index (χ4v) is 2.26. The first kappa shape index (κ1) is 12.2. The molecule has 90 valence electrons. The minimum Gasteiger partial charge on any atom is -0.488 e. The van der Waals surface area contributed by atoms with E-state index in [2.05, 4.69) is 0 Å². The van der Waals surface area contributed by atoms with E-state index < -0.39 is 6.10 Å². The molecule has 0 bridgehead atoms. The average molecular weight is 252 g/mol. The second kappa shape index (κ2) is 5.39. The maximum atomic E-state index is 9.79.